The first-order valence-corrected chi connectivity index (χ1v) is 6.75. The molecule has 0 fully saturated rings. The summed E-state index contributed by atoms with van der Waals surface area (Å²) >= 11 is 3.16. The molecule has 1 rings (SSSR count). The molecule has 1 amide bonds. The van der Waals surface area contributed by atoms with Crippen LogP contribution in [0, 0.1) is 0 Å². The van der Waals surface area contributed by atoms with Crippen molar-refractivity contribution in [2.24, 2.45) is 0 Å². The maximum Gasteiger partial charge on any atom is 0.265 e. The van der Waals surface area contributed by atoms with E-state index >= 15 is 0 Å². The number of carbonyl (C=O) groups excluding carboxylic acids is 1. The van der Waals surface area contributed by atoms with Crippen LogP contribution in [0.5, 0.6) is 0 Å². The molecule has 0 aliphatic heterocycles. The summed E-state index contributed by atoms with van der Waals surface area (Å²) in [5.74, 6) is 0.161. The van der Waals surface area contributed by atoms with Crippen molar-refractivity contribution in [3.8, 4) is 0 Å². The maximum atomic E-state index is 12.0. The Morgan fingerprint density at radius 3 is 2.64 bits per heavy atom. The van der Waals surface area contributed by atoms with E-state index < -0.39 is 0 Å². The zero-order valence-electron chi connectivity index (χ0n) is 8.74. The predicted octanol–water partition coefficient (Wildman–Crippen LogP) is 2.95. The van der Waals surface area contributed by atoms with Crippen LogP contribution in [0.3, 0.4) is 0 Å². The molecule has 0 aliphatic rings. The fourth-order valence-electron chi connectivity index (χ4n) is 1.27. The molecule has 0 saturated heterocycles. The number of amides is 1. The van der Waals surface area contributed by atoms with E-state index in [9.17, 15) is 4.79 Å². The first kappa shape index (κ1) is 11.6. The van der Waals surface area contributed by atoms with Crippen molar-refractivity contribution in [2.45, 2.75) is 18.7 Å². The van der Waals surface area contributed by atoms with Crippen LogP contribution in [0.1, 0.15) is 23.5 Å². The molecule has 4 heteroatoms. The van der Waals surface area contributed by atoms with Crippen molar-refractivity contribution < 1.29 is 4.79 Å². The monoisotopic (exact) mass is 229 g/mol. The van der Waals surface area contributed by atoms with Crippen LogP contribution < -0.4 is 0 Å². The lowest BCUT2D eigenvalue weighted by atomic mass is 10.4. The second kappa shape index (κ2) is 5.41. The molecule has 0 radical (unpaired) electrons. The first-order chi connectivity index (χ1) is 6.74. The minimum atomic E-state index is 0.161. The second-order valence-electron chi connectivity index (χ2n) is 2.80. The zero-order chi connectivity index (χ0) is 10.6. The number of hydrogen-bond acceptors (Lipinski definition) is 3. The van der Waals surface area contributed by atoms with E-state index in [4.69, 9.17) is 0 Å². The lowest BCUT2D eigenvalue weighted by Crippen LogP contribution is -2.30. The highest BCUT2D eigenvalue weighted by atomic mass is 32.2. The molecule has 1 aromatic rings. The third kappa shape index (κ3) is 2.30. The molecule has 0 aliphatic carbocycles. The van der Waals surface area contributed by atoms with Crippen molar-refractivity contribution in [3.63, 3.8) is 0 Å². The maximum absolute atomic E-state index is 12.0. The number of nitrogens with zero attached hydrogens (tertiary/aromatic N) is 1. The highest BCUT2D eigenvalue weighted by molar-refractivity contribution is 7.98. The normalized spacial score (nSPS) is 10.2. The Kier molecular flexibility index (Phi) is 4.48. The number of thiophene rings is 1. The van der Waals surface area contributed by atoms with Gasteiger partial charge < -0.3 is 4.90 Å². The van der Waals surface area contributed by atoms with Gasteiger partial charge in [0.1, 0.15) is 4.88 Å². The average molecular weight is 229 g/mol. The van der Waals surface area contributed by atoms with E-state index in [0.29, 0.717) is 0 Å². The topological polar surface area (TPSA) is 20.3 Å². The molecule has 1 aromatic heterocycles. The van der Waals surface area contributed by atoms with Gasteiger partial charge in [0.2, 0.25) is 0 Å². The standard InChI is InChI=1S/C10H15NOS2/c1-4-11(5-2)10(12)9-8(13-3)6-7-14-9/h6-7H,4-5H2,1-3H3. The molecule has 0 N–H and O–H groups in total. The molecule has 0 atom stereocenters. The highest BCUT2D eigenvalue weighted by Gasteiger charge is 2.17. The molecular weight excluding hydrogens is 214 g/mol. The van der Waals surface area contributed by atoms with Gasteiger partial charge in [-0.05, 0) is 31.5 Å². The zero-order valence-corrected chi connectivity index (χ0v) is 10.4. The van der Waals surface area contributed by atoms with E-state index in [0.717, 1.165) is 22.9 Å². The van der Waals surface area contributed by atoms with Crippen LogP contribution in [-0.4, -0.2) is 30.2 Å². The largest absolute Gasteiger partial charge is 0.338 e. The van der Waals surface area contributed by atoms with E-state index in [2.05, 4.69) is 0 Å². The summed E-state index contributed by atoms with van der Waals surface area (Å²) in [6, 6.07) is 2.01. The van der Waals surface area contributed by atoms with Gasteiger partial charge in [-0.1, -0.05) is 0 Å². The lowest BCUT2D eigenvalue weighted by molar-refractivity contribution is 0.0775. The fourth-order valence-corrected chi connectivity index (χ4v) is 2.98. The Bertz CT molecular complexity index is 305. The molecular formula is C10H15NOS2. The Hall–Kier alpha value is -0.480. The third-order valence-corrected chi connectivity index (χ3v) is 3.91. The first-order valence-electron chi connectivity index (χ1n) is 4.65. The van der Waals surface area contributed by atoms with Crippen LogP contribution >= 0.6 is 23.1 Å². The third-order valence-electron chi connectivity index (χ3n) is 2.09. The minimum Gasteiger partial charge on any atom is -0.338 e. The predicted molar refractivity (Wildman–Crippen MR) is 63.4 cm³/mol. The second-order valence-corrected chi connectivity index (χ2v) is 4.56. The van der Waals surface area contributed by atoms with Crippen LogP contribution in [-0.2, 0) is 0 Å². The van der Waals surface area contributed by atoms with E-state index in [1.54, 1.807) is 11.8 Å². The Morgan fingerprint density at radius 1 is 1.50 bits per heavy atom. The van der Waals surface area contributed by atoms with Gasteiger partial charge in [0.05, 0.1) is 0 Å². The summed E-state index contributed by atoms with van der Waals surface area (Å²) in [4.78, 5) is 15.8. The van der Waals surface area contributed by atoms with Crippen LogP contribution in [0.4, 0.5) is 0 Å². The molecule has 0 saturated carbocycles. The van der Waals surface area contributed by atoms with Gasteiger partial charge in [0, 0.05) is 18.0 Å². The molecule has 78 valence electrons. The van der Waals surface area contributed by atoms with Gasteiger partial charge in [0.25, 0.3) is 5.91 Å². The summed E-state index contributed by atoms with van der Waals surface area (Å²) in [7, 11) is 0. The number of hydrogen-bond donors (Lipinski definition) is 0. The number of carbonyl (C=O) groups is 1. The summed E-state index contributed by atoms with van der Waals surface area (Å²) in [5.41, 5.74) is 0. The highest BCUT2D eigenvalue weighted by Crippen LogP contribution is 2.26. The van der Waals surface area contributed by atoms with Gasteiger partial charge in [-0.25, -0.2) is 0 Å². The quantitative estimate of drug-likeness (QED) is 0.740. The SMILES string of the molecule is CCN(CC)C(=O)c1sccc1SC. The van der Waals surface area contributed by atoms with Gasteiger partial charge in [-0.2, -0.15) is 0 Å². The summed E-state index contributed by atoms with van der Waals surface area (Å²) in [5, 5.41) is 1.97. The molecule has 1 heterocycles. The Labute approximate surface area is 93.3 Å². The van der Waals surface area contributed by atoms with Crippen molar-refractivity contribution >= 4 is 29.0 Å². The molecule has 0 unspecified atom stereocenters. The number of thioether (sulfide) groups is 1. The molecule has 0 spiro atoms. The summed E-state index contributed by atoms with van der Waals surface area (Å²) in [6.07, 6.45) is 2.00. The van der Waals surface area contributed by atoms with Crippen LogP contribution in [0.2, 0.25) is 0 Å². The Balaban J connectivity index is 2.87. The van der Waals surface area contributed by atoms with Gasteiger partial charge >= 0.3 is 0 Å². The Morgan fingerprint density at radius 2 is 2.14 bits per heavy atom. The summed E-state index contributed by atoms with van der Waals surface area (Å²) in [6.45, 7) is 5.57. The molecule has 0 bridgehead atoms. The molecule has 2 nitrogen and oxygen atoms in total. The van der Waals surface area contributed by atoms with E-state index in [-0.39, 0.29) is 5.91 Å². The molecule has 14 heavy (non-hydrogen) atoms. The van der Waals surface area contributed by atoms with Crippen molar-refractivity contribution in [2.75, 3.05) is 19.3 Å². The lowest BCUT2D eigenvalue weighted by Gasteiger charge is -2.18. The molecule has 0 aromatic carbocycles. The van der Waals surface area contributed by atoms with E-state index in [1.807, 2.05) is 36.4 Å². The smallest absolute Gasteiger partial charge is 0.265 e. The van der Waals surface area contributed by atoms with Gasteiger partial charge in [-0.3, -0.25) is 4.79 Å². The van der Waals surface area contributed by atoms with Crippen molar-refractivity contribution in [1.29, 1.82) is 0 Å². The van der Waals surface area contributed by atoms with Crippen molar-refractivity contribution in [1.82, 2.24) is 4.90 Å². The van der Waals surface area contributed by atoms with Gasteiger partial charge in [0.15, 0.2) is 0 Å². The van der Waals surface area contributed by atoms with Crippen LogP contribution in [0.15, 0.2) is 16.3 Å². The van der Waals surface area contributed by atoms with Crippen molar-refractivity contribution in [3.05, 3.63) is 16.3 Å². The van der Waals surface area contributed by atoms with E-state index in [1.165, 1.54) is 11.3 Å². The van der Waals surface area contributed by atoms with Crippen LogP contribution in [0.25, 0.3) is 0 Å². The average Bonchev–Trinajstić information content (AvgIpc) is 2.67. The fraction of sp³-hybridized carbons (Fsp3) is 0.500. The summed E-state index contributed by atoms with van der Waals surface area (Å²) < 4.78 is 0. The van der Waals surface area contributed by atoms with Gasteiger partial charge in [-0.15, -0.1) is 23.1 Å². The number of rotatable bonds is 4. The minimum absolute atomic E-state index is 0.161.